The van der Waals surface area contributed by atoms with Gasteiger partial charge in [0, 0.05) is 35.8 Å². The molecule has 39 heavy (non-hydrogen) atoms. The van der Waals surface area contributed by atoms with Gasteiger partial charge in [-0.2, -0.15) is 10.1 Å². The summed E-state index contributed by atoms with van der Waals surface area (Å²) in [5, 5.41) is 15.5. The molecule has 1 N–H and O–H groups in total. The number of aromatic nitrogens is 1. The molecule has 1 fully saturated rings. The minimum Gasteiger partial charge on any atom is -0.478 e. The van der Waals surface area contributed by atoms with Crippen molar-refractivity contribution in [2.24, 2.45) is 5.10 Å². The van der Waals surface area contributed by atoms with Crippen LogP contribution in [0.2, 0.25) is 0 Å². The number of morpholine rings is 1. The SMILES string of the molecule is COC(=O)C(C)n1cc(/C=C2\C(=O)N(c3ccc(C(=O)O)cc3)N=C2C(=O)N2CCOCC2)c2ccccc21. The highest BCUT2D eigenvalue weighted by atomic mass is 16.5. The van der Waals surface area contributed by atoms with Gasteiger partial charge < -0.3 is 24.0 Å². The Kier molecular flexibility index (Phi) is 6.99. The lowest BCUT2D eigenvalue weighted by atomic mass is 10.0. The highest BCUT2D eigenvalue weighted by Gasteiger charge is 2.38. The van der Waals surface area contributed by atoms with Crippen molar-refractivity contribution in [1.29, 1.82) is 0 Å². The number of hydrogen-bond donors (Lipinski definition) is 1. The third-order valence-electron chi connectivity index (χ3n) is 6.77. The van der Waals surface area contributed by atoms with Crippen LogP contribution in [0.4, 0.5) is 5.69 Å². The van der Waals surface area contributed by atoms with Gasteiger partial charge in [-0.05, 0) is 43.3 Å². The number of benzene rings is 2. The van der Waals surface area contributed by atoms with E-state index in [9.17, 15) is 24.3 Å². The van der Waals surface area contributed by atoms with Crippen LogP contribution in [0.15, 0.2) is 65.4 Å². The molecule has 1 aromatic heterocycles. The zero-order chi connectivity index (χ0) is 27.7. The van der Waals surface area contributed by atoms with Crippen molar-refractivity contribution in [2.45, 2.75) is 13.0 Å². The number of methoxy groups -OCH3 is 1. The molecule has 11 nitrogen and oxygen atoms in total. The van der Waals surface area contributed by atoms with Crippen molar-refractivity contribution in [3.05, 3.63) is 71.4 Å². The summed E-state index contributed by atoms with van der Waals surface area (Å²) < 4.78 is 12.0. The molecule has 2 aliphatic heterocycles. The van der Waals surface area contributed by atoms with Gasteiger partial charge in [-0.15, -0.1) is 0 Å². The van der Waals surface area contributed by atoms with Crippen LogP contribution in [-0.2, 0) is 23.9 Å². The number of nitrogens with zero attached hydrogens (tertiary/aromatic N) is 4. The van der Waals surface area contributed by atoms with Crippen LogP contribution in [0.1, 0.15) is 28.9 Å². The van der Waals surface area contributed by atoms with Gasteiger partial charge >= 0.3 is 11.9 Å². The molecule has 3 heterocycles. The van der Waals surface area contributed by atoms with Crippen LogP contribution >= 0.6 is 0 Å². The average Bonchev–Trinajstić information content (AvgIpc) is 3.50. The number of carbonyl (C=O) groups is 4. The number of rotatable bonds is 6. The largest absolute Gasteiger partial charge is 0.478 e. The monoisotopic (exact) mass is 530 g/mol. The predicted octanol–water partition coefficient (Wildman–Crippen LogP) is 2.72. The second-order valence-electron chi connectivity index (χ2n) is 9.09. The Morgan fingerprint density at radius 3 is 2.44 bits per heavy atom. The first-order valence-electron chi connectivity index (χ1n) is 12.3. The molecule has 1 atom stereocenters. The topological polar surface area (TPSA) is 131 Å². The molecule has 11 heteroatoms. The van der Waals surface area contributed by atoms with Crippen molar-refractivity contribution in [3.8, 4) is 0 Å². The van der Waals surface area contributed by atoms with E-state index in [4.69, 9.17) is 9.47 Å². The third kappa shape index (κ3) is 4.79. The molecule has 200 valence electrons. The number of hydrogen-bond acceptors (Lipinski definition) is 7. The number of carbonyl (C=O) groups excluding carboxylic acids is 3. The van der Waals surface area contributed by atoms with Gasteiger partial charge in [-0.25, -0.2) is 9.59 Å². The van der Waals surface area contributed by atoms with E-state index in [1.165, 1.54) is 31.4 Å². The summed E-state index contributed by atoms with van der Waals surface area (Å²) in [5.41, 5.74) is 1.82. The minimum absolute atomic E-state index is 0.0259. The molecule has 1 unspecified atom stereocenters. The Balaban J connectivity index is 1.61. The number of aromatic carboxylic acids is 1. The Hall–Kier alpha value is -4.77. The van der Waals surface area contributed by atoms with E-state index in [0.29, 0.717) is 37.6 Å². The lowest BCUT2D eigenvalue weighted by molar-refractivity contribution is -0.143. The van der Waals surface area contributed by atoms with E-state index in [1.54, 1.807) is 28.7 Å². The molecule has 2 aromatic carbocycles. The average molecular weight is 531 g/mol. The Bertz CT molecular complexity index is 1530. The maximum absolute atomic E-state index is 13.7. The van der Waals surface area contributed by atoms with Gasteiger partial charge in [0.25, 0.3) is 11.8 Å². The lowest BCUT2D eigenvalue weighted by Gasteiger charge is -2.26. The van der Waals surface area contributed by atoms with Gasteiger partial charge in [0.2, 0.25) is 0 Å². The molecule has 0 radical (unpaired) electrons. The molecular formula is C28H26N4O7. The maximum Gasteiger partial charge on any atom is 0.335 e. The second kappa shape index (κ2) is 10.5. The van der Waals surface area contributed by atoms with Crippen molar-refractivity contribution >= 4 is 52.1 Å². The van der Waals surface area contributed by atoms with Crippen LogP contribution in [0.25, 0.3) is 17.0 Å². The number of anilines is 1. The van der Waals surface area contributed by atoms with E-state index in [1.807, 2.05) is 24.3 Å². The standard InChI is InChI=1S/C28H26N4O7/c1-17(28(37)38-2)31-16-19(21-5-3-4-6-23(21)31)15-22-24(26(34)30-11-13-39-14-12-30)29-32(25(22)33)20-9-7-18(8-10-20)27(35)36/h3-10,15-17H,11-14H2,1-2H3,(H,35,36)/b22-15-. The fraction of sp³-hybridized carbons (Fsp3) is 0.250. The van der Waals surface area contributed by atoms with E-state index in [-0.39, 0.29) is 16.8 Å². The van der Waals surface area contributed by atoms with Gasteiger partial charge in [-0.3, -0.25) is 9.59 Å². The summed E-state index contributed by atoms with van der Waals surface area (Å²) in [4.78, 5) is 52.4. The van der Waals surface area contributed by atoms with Crippen molar-refractivity contribution in [1.82, 2.24) is 9.47 Å². The van der Waals surface area contributed by atoms with Gasteiger partial charge in [0.15, 0.2) is 5.71 Å². The van der Waals surface area contributed by atoms with Crippen molar-refractivity contribution in [2.75, 3.05) is 38.4 Å². The minimum atomic E-state index is -1.10. The molecular weight excluding hydrogens is 504 g/mol. The summed E-state index contributed by atoms with van der Waals surface area (Å²) >= 11 is 0. The number of carboxylic acids is 1. The molecule has 5 rings (SSSR count). The zero-order valence-electron chi connectivity index (χ0n) is 21.4. The summed E-state index contributed by atoms with van der Waals surface area (Å²) in [7, 11) is 1.32. The molecule has 2 aliphatic rings. The van der Waals surface area contributed by atoms with Crippen LogP contribution in [0, 0.1) is 0 Å². The Morgan fingerprint density at radius 2 is 1.77 bits per heavy atom. The van der Waals surface area contributed by atoms with Gasteiger partial charge in [-0.1, -0.05) is 18.2 Å². The predicted molar refractivity (Wildman–Crippen MR) is 142 cm³/mol. The van der Waals surface area contributed by atoms with Crippen LogP contribution in [-0.4, -0.2) is 77.5 Å². The van der Waals surface area contributed by atoms with Crippen LogP contribution in [0.5, 0.6) is 0 Å². The zero-order valence-corrected chi connectivity index (χ0v) is 21.4. The van der Waals surface area contributed by atoms with E-state index < -0.39 is 29.8 Å². The number of hydrazone groups is 1. The summed E-state index contributed by atoms with van der Waals surface area (Å²) in [6.45, 7) is 3.20. The fourth-order valence-corrected chi connectivity index (χ4v) is 4.65. The number of amides is 2. The van der Waals surface area contributed by atoms with E-state index in [2.05, 4.69) is 5.10 Å². The van der Waals surface area contributed by atoms with Gasteiger partial charge in [0.05, 0.1) is 37.1 Å². The number of para-hydroxylation sites is 1. The van der Waals surface area contributed by atoms with Crippen LogP contribution < -0.4 is 5.01 Å². The third-order valence-corrected chi connectivity index (χ3v) is 6.77. The summed E-state index contributed by atoms with van der Waals surface area (Å²) in [6, 6.07) is 12.5. The highest BCUT2D eigenvalue weighted by Crippen LogP contribution is 2.31. The first-order chi connectivity index (χ1) is 18.8. The first kappa shape index (κ1) is 25.9. The molecule has 0 bridgehead atoms. The maximum atomic E-state index is 13.7. The fourth-order valence-electron chi connectivity index (χ4n) is 4.65. The quantitative estimate of drug-likeness (QED) is 0.383. The molecule has 2 amide bonds. The van der Waals surface area contributed by atoms with Gasteiger partial charge in [0.1, 0.15) is 6.04 Å². The molecule has 1 saturated heterocycles. The number of ether oxygens (including phenoxy) is 2. The summed E-state index contributed by atoms with van der Waals surface area (Å²) in [6.07, 6.45) is 3.35. The molecule has 0 aliphatic carbocycles. The summed E-state index contributed by atoms with van der Waals surface area (Å²) in [5.74, 6) is -2.46. The van der Waals surface area contributed by atoms with Crippen molar-refractivity contribution in [3.63, 3.8) is 0 Å². The molecule has 3 aromatic rings. The first-order valence-corrected chi connectivity index (χ1v) is 12.3. The normalized spacial score (nSPS) is 17.4. The molecule has 0 saturated carbocycles. The van der Waals surface area contributed by atoms with E-state index >= 15 is 0 Å². The van der Waals surface area contributed by atoms with Crippen LogP contribution in [0.3, 0.4) is 0 Å². The smallest absolute Gasteiger partial charge is 0.335 e. The Labute approximate surface area is 223 Å². The number of carboxylic acid groups (broad SMARTS) is 1. The lowest BCUT2D eigenvalue weighted by Crippen LogP contribution is -2.44. The second-order valence-corrected chi connectivity index (χ2v) is 9.09. The van der Waals surface area contributed by atoms with E-state index in [0.717, 1.165) is 15.9 Å². The van der Waals surface area contributed by atoms with Crippen molar-refractivity contribution < 1.29 is 33.8 Å². The Morgan fingerprint density at radius 1 is 1.08 bits per heavy atom. The number of esters is 1. The highest BCUT2D eigenvalue weighted by molar-refractivity contribution is 6.55. The molecule has 0 spiro atoms. The number of fused-ring (bicyclic) bond motifs is 1.